The first-order chi connectivity index (χ1) is 17.3. The van der Waals surface area contributed by atoms with Crippen LogP contribution in [0.25, 0.3) is 0 Å². The number of hydrogen-bond acceptors (Lipinski definition) is 5. The first-order valence-electron chi connectivity index (χ1n) is 12.6. The Morgan fingerprint density at radius 2 is 1.78 bits per heavy atom. The number of rotatable bonds is 6. The van der Waals surface area contributed by atoms with Gasteiger partial charge < -0.3 is 15.0 Å². The lowest BCUT2D eigenvalue weighted by Gasteiger charge is -2.35. The highest BCUT2D eigenvalue weighted by Gasteiger charge is 2.48. The molecule has 0 spiro atoms. The molecule has 0 radical (unpaired) electrons. The number of amidine groups is 1. The van der Waals surface area contributed by atoms with Gasteiger partial charge in [0, 0.05) is 18.0 Å². The largest absolute Gasteiger partial charge is 0.440 e. The minimum atomic E-state index is -0.548. The zero-order valence-electron chi connectivity index (χ0n) is 21.4. The lowest BCUT2D eigenvalue weighted by atomic mass is 9.94. The van der Waals surface area contributed by atoms with Gasteiger partial charge in [0.25, 0.3) is 0 Å². The summed E-state index contributed by atoms with van der Waals surface area (Å²) < 4.78 is 6.05. The van der Waals surface area contributed by atoms with Gasteiger partial charge in [-0.15, -0.1) is 0 Å². The zero-order valence-corrected chi connectivity index (χ0v) is 21.4. The van der Waals surface area contributed by atoms with Crippen LogP contribution in [0.1, 0.15) is 43.4 Å². The van der Waals surface area contributed by atoms with Gasteiger partial charge in [-0.25, -0.2) is 4.79 Å². The van der Waals surface area contributed by atoms with Crippen molar-refractivity contribution in [2.45, 2.75) is 37.8 Å². The predicted molar refractivity (Wildman–Crippen MR) is 140 cm³/mol. The van der Waals surface area contributed by atoms with Gasteiger partial charge in [0.15, 0.2) is 0 Å². The van der Waals surface area contributed by atoms with Crippen LogP contribution in [-0.2, 0) is 9.53 Å². The standard InChI is InChI=1S/C29H34N4O3/c1-29(2)24-16-30-26(31-27(34)22-15-21(22)19-11-7-5-8-12-19)23(24)17-33(29)28(35)36-25(18-32(3)4)20-13-9-6-10-14-20/h5-14,21-22,25H,15-18H2,1-4H3,(H,30,31,34)/t21-,22+,25+/m0/s1. The molecule has 1 saturated carbocycles. The second kappa shape index (κ2) is 9.54. The summed E-state index contributed by atoms with van der Waals surface area (Å²) in [5, 5.41) is 3.07. The summed E-state index contributed by atoms with van der Waals surface area (Å²) in [6.45, 7) is 5.48. The molecule has 2 aromatic carbocycles. The van der Waals surface area contributed by atoms with Gasteiger partial charge in [-0.05, 0) is 57.0 Å². The zero-order chi connectivity index (χ0) is 25.4. The first kappa shape index (κ1) is 24.3. The molecule has 1 N–H and O–H groups in total. The Balaban J connectivity index is 1.25. The predicted octanol–water partition coefficient (Wildman–Crippen LogP) is 4.15. The van der Waals surface area contributed by atoms with Gasteiger partial charge >= 0.3 is 6.09 Å². The van der Waals surface area contributed by atoms with E-state index in [4.69, 9.17) is 4.74 Å². The molecule has 2 aromatic rings. The van der Waals surface area contributed by atoms with E-state index < -0.39 is 5.54 Å². The van der Waals surface area contributed by atoms with E-state index in [0.29, 0.717) is 25.5 Å². The third-order valence-corrected chi connectivity index (χ3v) is 7.54. The van der Waals surface area contributed by atoms with E-state index in [-0.39, 0.29) is 29.9 Å². The maximum atomic E-state index is 13.4. The number of amides is 2. The topological polar surface area (TPSA) is 74.2 Å². The molecule has 188 valence electrons. The molecule has 0 aromatic heterocycles. The summed E-state index contributed by atoms with van der Waals surface area (Å²) in [6.07, 6.45) is 0.116. The fourth-order valence-electron chi connectivity index (χ4n) is 5.31. The quantitative estimate of drug-likeness (QED) is 0.666. The van der Waals surface area contributed by atoms with E-state index in [1.807, 2.05) is 81.4 Å². The van der Waals surface area contributed by atoms with Gasteiger partial charge in [-0.3, -0.25) is 14.7 Å². The summed E-state index contributed by atoms with van der Waals surface area (Å²) in [4.78, 5) is 34.8. The van der Waals surface area contributed by atoms with E-state index in [0.717, 1.165) is 23.1 Å². The van der Waals surface area contributed by atoms with E-state index >= 15 is 0 Å². The van der Waals surface area contributed by atoms with Crippen LogP contribution in [0, 0.1) is 5.92 Å². The van der Waals surface area contributed by atoms with Crippen molar-refractivity contribution in [1.29, 1.82) is 0 Å². The van der Waals surface area contributed by atoms with Crippen molar-refractivity contribution >= 4 is 17.8 Å². The molecule has 1 fully saturated rings. The normalized spacial score (nSPS) is 22.8. The Labute approximate surface area is 212 Å². The number of aliphatic imine (C=N–C) groups is 1. The molecule has 7 nitrogen and oxygen atoms in total. The van der Waals surface area contributed by atoms with Gasteiger partial charge in [0.05, 0.1) is 18.6 Å². The molecule has 0 bridgehead atoms. The Morgan fingerprint density at radius 3 is 2.44 bits per heavy atom. The van der Waals surface area contributed by atoms with Crippen molar-refractivity contribution in [3.63, 3.8) is 0 Å². The molecule has 1 aliphatic carbocycles. The summed E-state index contributed by atoms with van der Waals surface area (Å²) in [5.41, 5.74) is 3.62. The van der Waals surface area contributed by atoms with Crippen molar-refractivity contribution in [3.8, 4) is 0 Å². The molecular formula is C29H34N4O3. The van der Waals surface area contributed by atoms with E-state index in [9.17, 15) is 9.59 Å². The lowest BCUT2D eigenvalue weighted by Crippen LogP contribution is -2.47. The number of nitrogens with zero attached hydrogens (tertiary/aromatic N) is 3. The fraction of sp³-hybridized carbons (Fsp3) is 0.414. The SMILES string of the molecule is CN(C)C[C@@H](OC(=O)N1CC2=C(CN=C2NC(=O)[C@@H]2C[C@H]2c2ccccc2)C1(C)C)c1ccccc1. The third kappa shape index (κ3) is 4.67. The molecule has 7 heteroatoms. The van der Waals surface area contributed by atoms with E-state index in [1.165, 1.54) is 5.56 Å². The number of carbonyl (C=O) groups excluding carboxylic acids is 2. The van der Waals surface area contributed by atoms with Crippen molar-refractivity contribution in [2.24, 2.45) is 10.9 Å². The van der Waals surface area contributed by atoms with E-state index in [2.05, 4.69) is 22.4 Å². The fourth-order valence-corrected chi connectivity index (χ4v) is 5.31. The van der Waals surface area contributed by atoms with Crippen molar-refractivity contribution in [1.82, 2.24) is 15.1 Å². The molecule has 0 unspecified atom stereocenters. The monoisotopic (exact) mass is 486 g/mol. The van der Waals surface area contributed by atoms with Crippen molar-refractivity contribution < 1.29 is 14.3 Å². The highest BCUT2D eigenvalue weighted by molar-refractivity contribution is 6.11. The number of benzene rings is 2. The van der Waals surface area contributed by atoms with Gasteiger partial charge in [-0.1, -0.05) is 60.7 Å². The molecule has 36 heavy (non-hydrogen) atoms. The lowest BCUT2D eigenvalue weighted by molar-refractivity contribution is -0.120. The van der Waals surface area contributed by atoms with Gasteiger partial charge in [0.2, 0.25) is 5.91 Å². The Kier molecular flexibility index (Phi) is 6.43. The number of nitrogens with one attached hydrogen (secondary N) is 1. The van der Waals surface area contributed by atoms with Crippen LogP contribution in [0.15, 0.2) is 76.8 Å². The molecule has 2 amide bonds. The van der Waals surface area contributed by atoms with Crippen LogP contribution in [-0.4, -0.2) is 66.9 Å². The molecule has 3 atom stereocenters. The summed E-state index contributed by atoms with van der Waals surface area (Å²) >= 11 is 0. The Morgan fingerprint density at radius 1 is 1.11 bits per heavy atom. The minimum absolute atomic E-state index is 0.00492. The smallest absolute Gasteiger partial charge is 0.411 e. The number of carbonyl (C=O) groups is 2. The molecule has 3 aliphatic rings. The molecule has 5 rings (SSSR count). The molecule has 2 aliphatic heterocycles. The number of hydrogen-bond donors (Lipinski definition) is 1. The molecule has 0 saturated heterocycles. The summed E-state index contributed by atoms with van der Waals surface area (Å²) in [5.74, 6) is 0.836. The minimum Gasteiger partial charge on any atom is -0.440 e. The number of ether oxygens (including phenoxy) is 1. The van der Waals surface area contributed by atoms with Crippen LogP contribution in [0.2, 0.25) is 0 Å². The van der Waals surface area contributed by atoms with Gasteiger partial charge in [-0.2, -0.15) is 0 Å². The second-order valence-electron chi connectivity index (χ2n) is 10.7. The number of likely N-dealkylation sites (N-methyl/N-ethyl adjacent to an activating group) is 1. The van der Waals surface area contributed by atoms with Gasteiger partial charge in [0.1, 0.15) is 11.9 Å². The maximum absolute atomic E-state index is 13.4. The van der Waals surface area contributed by atoms with E-state index in [1.54, 1.807) is 4.90 Å². The molecular weight excluding hydrogens is 452 g/mol. The summed E-state index contributed by atoms with van der Waals surface area (Å²) in [6, 6.07) is 20.0. The van der Waals surface area contributed by atoms with Crippen LogP contribution in [0.5, 0.6) is 0 Å². The van der Waals surface area contributed by atoms with Crippen LogP contribution >= 0.6 is 0 Å². The highest BCUT2D eigenvalue weighted by Crippen LogP contribution is 2.47. The average molecular weight is 487 g/mol. The highest BCUT2D eigenvalue weighted by atomic mass is 16.6. The first-order valence-corrected chi connectivity index (χ1v) is 12.6. The Bertz CT molecular complexity index is 1200. The van der Waals surface area contributed by atoms with Crippen LogP contribution < -0.4 is 5.32 Å². The van der Waals surface area contributed by atoms with Crippen LogP contribution in [0.3, 0.4) is 0 Å². The van der Waals surface area contributed by atoms with Crippen molar-refractivity contribution in [2.75, 3.05) is 33.7 Å². The summed E-state index contributed by atoms with van der Waals surface area (Å²) in [7, 11) is 3.93. The van der Waals surface area contributed by atoms with Crippen molar-refractivity contribution in [3.05, 3.63) is 82.9 Å². The molecule has 2 heterocycles. The van der Waals surface area contributed by atoms with Crippen LogP contribution in [0.4, 0.5) is 4.79 Å². The average Bonchev–Trinajstić information content (AvgIpc) is 3.49. The second-order valence-corrected chi connectivity index (χ2v) is 10.7. The third-order valence-electron chi connectivity index (χ3n) is 7.54. The Hall–Kier alpha value is -3.45. The maximum Gasteiger partial charge on any atom is 0.411 e.